The number of allylic oxidation sites excluding steroid dienone is 2. The lowest BCUT2D eigenvalue weighted by Crippen LogP contribution is -2.09. The van der Waals surface area contributed by atoms with Crippen molar-refractivity contribution in [2.24, 2.45) is 5.92 Å². The summed E-state index contributed by atoms with van der Waals surface area (Å²) in [4.78, 5) is 0. The van der Waals surface area contributed by atoms with Gasteiger partial charge in [-0.05, 0) is 30.9 Å². The number of ether oxygens (including phenoxy) is 1. The van der Waals surface area contributed by atoms with Crippen molar-refractivity contribution in [1.29, 1.82) is 0 Å². The third kappa shape index (κ3) is 0.869. The molecule has 1 aliphatic carbocycles. The van der Waals surface area contributed by atoms with E-state index in [2.05, 4.69) is 18.2 Å². The Hall–Kier alpha value is -0.720. The summed E-state index contributed by atoms with van der Waals surface area (Å²) in [7, 11) is 0. The molecule has 0 amide bonds. The molecule has 2 bridgehead atoms. The van der Waals surface area contributed by atoms with Crippen LogP contribution in [0.2, 0.25) is 0 Å². The Labute approximate surface area is 55.0 Å². The fraction of sp³-hybridized carbons (Fsp3) is 0.500. The van der Waals surface area contributed by atoms with Crippen molar-refractivity contribution in [2.75, 3.05) is 0 Å². The minimum Gasteiger partial charge on any atom is -0.494 e. The maximum atomic E-state index is 5.33. The number of hydrogen-bond acceptors (Lipinski definition) is 1. The van der Waals surface area contributed by atoms with Crippen LogP contribution < -0.4 is 0 Å². The monoisotopic (exact) mass is 122 g/mol. The number of fused-ring (bicyclic) bond motifs is 2. The standard InChI is InChI=1S/C8H10O/c1-3-8-4-2-7(1)5-6-9-8/h1,3,5-8H,2,4H2. The SMILES string of the molecule is C1=CC2C=CC(CC2)O1. The summed E-state index contributed by atoms with van der Waals surface area (Å²) >= 11 is 0. The molecule has 0 spiro atoms. The van der Waals surface area contributed by atoms with E-state index in [1.54, 1.807) is 0 Å². The van der Waals surface area contributed by atoms with Crippen LogP contribution in [0.4, 0.5) is 0 Å². The average Bonchev–Trinajstić information content (AvgIpc) is 2.21. The van der Waals surface area contributed by atoms with Crippen molar-refractivity contribution in [2.45, 2.75) is 18.9 Å². The molecule has 2 heterocycles. The van der Waals surface area contributed by atoms with Gasteiger partial charge in [-0.3, -0.25) is 0 Å². The molecule has 2 unspecified atom stereocenters. The van der Waals surface area contributed by atoms with E-state index < -0.39 is 0 Å². The second-order valence-corrected chi connectivity index (χ2v) is 2.63. The smallest absolute Gasteiger partial charge is 0.116 e. The first-order chi connectivity index (χ1) is 4.45. The first kappa shape index (κ1) is 5.10. The third-order valence-corrected chi connectivity index (χ3v) is 1.94. The Morgan fingerprint density at radius 3 is 2.89 bits per heavy atom. The van der Waals surface area contributed by atoms with E-state index in [1.165, 1.54) is 12.8 Å². The lowest BCUT2D eigenvalue weighted by Gasteiger charge is -2.14. The van der Waals surface area contributed by atoms with Crippen molar-refractivity contribution in [3.63, 3.8) is 0 Å². The molecule has 0 aromatic heterocycles. The van der Waals surface area contributed by atoms with Crippen molar-refractivity contribution in [1.82, 2.24) is 0 Å². The van der Waals surface area contributed by atoms with E-state index in [1.807, 2.05) is 6.26 Å². The van der Waals surface area contributed by atoms with E-state index in [0.717, 1.165) is 0 Å². The maximum absolute atomic E-state index is 5.33. The molecule has 0 aromatic rings. The highest BCUT2D eigenvalue weighted by atomic mass is 16.5. The molecule has 3 aliphatic rings. The normalized spacial score (nSPS) is 38.2. The molecule has 2 atom stereocenters. The van der Waals surface area contributed by atoms with Gasteiger partial charge in [-0.15, -0.1) is 0 Å². The summed E-state index contributed by atoms with van der Waals surface area (Å²) in [5, 5.41) is 0. The van der Waals surface area contributed by atoms with Crippen LogP contribution in [0.3, 0.4) is 0 Å². The van der Waals surface area contributed by atoms with Crippen molar-refractivity contribution in [3.05, 3.63) is 24.5 Å². The van der Waals surface area contributed by atoms with E-state index in [0.29, 0.717) is 12.0 Å². The van der Waals surface area contributed by atoms with Crippen LogP contribution in [0.15, 0.2) is 24.5 Å². The predicted octanol–water partition coefficient (Wildman–Crippen LogP) is 1.87. The van der Waals surface area contributed by atoms with Crippen molar-refractivity contribution < 1.29 is 4.74 Å². The molecule has 2 aliphatic heterocycles. The van der Waals surface area contributed by atoms with Gasteiger partial charge in [-0.25, -0.2) is 0 Å². The molecule has 3 rings (SSSR count). The molecule has 0 saturated carbocycles. The highest BCUT2D eigenvalue weighted by Gasteiger charge is 2.16. The van der Waals surface area contributed by atoms with Crippen LogP contribution in [-0.4, -0.2) is 6.10 Å². The summed E-state index contributed by atoms with van der Waals surface area (Å²) < 4.78 is 5.33. The second-order valence-electron chi connectivity index (χ2n) is 2.63. The first-order valence-corrected chi connectivity index (χ1v) is 3.45. The van der Waals surface area contributed by atoms with Gasteiger partial charge in [0.15, 0.2) is 0 Å². The zero-order valence-corrected chi connectivity index (χ0v) is 5.29. The fourth-order valence-corrected chi connectivity index (χ4v) is 1.34. The van der Waals surface area contributed by atoms with E-state index in [-0.39, 0.29) is 0 Å². The van der Waals surface area contributed by atoms with Gasteiger partial charge in [0.25, 0.3) is 0 Å². The Morgan fingerprint density at radius 2 is 2.11 bits per heavy atom. The van der Waals surface area contributed by atoms with Gasteiger partial charge in [0.1, 0.15) is 6.10 Å². The minimum absolute atomic E-state index is 0.375. The molecule has 48 valence electrons. The Bertz CT molecular complexity index is 158. The van der Waals surface area contributed by atoms with Crippen molar-refractivity contribution >= 4 is 0 Å². The second kappa shape index (κ2) is 1.90. The number of hydrogen-bond donors (Lipinski definition) is 0. The highest BCUT2D eigenvalue weighted by Crippen LogP contribution is 2.24. The summed E-state index contributed by atoms with van der Waals surface area (Å²) in [6.45, 7) is 0. The van der Waals surface area contributed by atoms with Gasteiger partial charge >= 0.3 is 0 Å². The quantitative estimate of drug-likeness (QED) is 0.446. The van der Waals surface area contributed by atoms with Gasteiger partial charge in [0, 0.05) is 0 Å². The zero-order chi connectivity index (χ0) is 6.10. The van der Waals surface area contributed by atoms with E-state index in [9.17, 15) is 0 Å². The molecule has 0 N–H and O–H groups in total. The van der Waals surface area contributed by atoms with Crippen molar-refractivity contribution in [3.8, 4) is 0 Å². The summed E-state index contributed by atoms with van der Waals surface area (Å²) in [6.07, 6.45) is 11.2. The molecule has 0 saturated heterocycles. The van der Waals surface area contributed by atoms with Crippen LogP contribution in [0.1, 0.15) is 12.8 Å². The molecule has 0 aromatic carbocycles. The van der Waals surface area contributed by atoms with Gasteiger partial charge in [0.05, 0.1) is 6.26 Å². The number of rotatable bonds is 0. The van der Waals surface area contributed by atoms with Gasteiger partial charge in [0.2, 0.25) is 0 Å². The van der Waals surface area contributed by atoms with Gasteiger partial charge in [-0.2, -0.15) is 0 Å². The van der Waals surface area contributed by atoms with Crippen LogP contribution >= 0.6 is 0 Å². The largest absolute Gasteiger partial charge is 0.494 e. The van der Waals surface area contributed by atoms with E-state index >= 15 is 0 Å². The molecule has 0 fully saturated rings. The maximum Gasteiger partial charge on any atom is 0.116 e. The highest BCUT2D eigenvalue weighted by molar-refractivity contribution is 5.09. The van der Waals surface area contributed by atoms with E-state index in [4.69, 9.17) is 4.74 Å². The summed E-state index contributed by atoms with van der Waals surface area (Å²) in [6, 6.07) is 0. The average molecular weight is 122 g/mol. The molecule has 1 nitrogen and oxygen atoms in total. The molecule has 0 radical (unpaired) electrons. The van der Waals surface area contributed by atoms with Gasteiger partial charge < -0.3 is 4.74 Å². The predicted molar refractivity (Wildman–Crippen MR) is 35.9 cm³/mol. The third-order valence-electron chi connectivity index (χ3n) is 1.94. The Morgan fingerprint density at radius 1 is 1.11 bits per heavy atom. The lowest BCUT2D eigenvalue weighted by atomic mass is 9.95. The Balaban J connectivity index is 2.26. The van der Waals surface area contributed by atoms with Crippen LogP contribution in [0.5, 0.6) is 0 Å². The summed E-state index contributed by atoms with van der Waals surface area (Å²) in [5.74, 6) is 0.656. The topological polar surface area (TPSA) is 9.23 Å². The van der Waals surface area contributed by atoms with Crippen LogP contribution in [0.25, 0.3) is 0 Å². The van der Waals surface area contributed by atoms with Gasteiger partial charge in [-0.1, -0.05) is 6.08 Å². The lowest BCUT2D eigenvalue weighted by molar-refractivity contribution is 0.178. The zero-order valence-electron chi connectivity index (χ0n) is 5.29. The molecular weight excluding hydrogens is 112 g/mol. The van der Waals surface area contributed by atoms with Crippen LogP contribution in [-0.2, 0) is 4.74 Å². The molecule has 9 heavy (non-hydrogen) atoms. The first-order valence-electron chi connectivity index (χ1n) is 3.45. The Kier molecular flexibility index (Phi) is 1.08. The minimum atomic E-state index is 0.375. The molecule has 1 heteroatoms. The molecular formula is C8H10O. The fourth-order valence-electron chi connectivity index (χ4n) is 1.34. The summed E-state index contributed by atoms with van der Waals surface area (Å²) in [5.41, 5.74) is 0. The van der Waals surface area contributed by atoms with Crippen LogP contribution in [0, 0.1) is 5.92 Å².